The van der Waals surface area contributed by atoms with Crippen LogP contribution in [0.25, 0.3) is 0 Å². The van der Waals surface area contributed by atoms with E-state index in [2.05, 4.69) is 81.8 Å². The molecule has 0 bridgehead atoms. The van der Waals surface area contributed by atoms with Crippen LogP contribution in [0, 0.1) is 25.2 Å². The molecular formula is C19H32BrN. The van der Waals surface area contributed by atoms with Crippen molar-refractivity contribution in [2.75, 3.05) is 6.54 Å². The van der Waals surface area contributed by atoms with E-state index >= 15 is 0 Å². The fourth-order valence-electron chi connectivity index (χ4n) is 2.52. The molecule has 0 spiro atoms. The third-order valence-corrected chi connectivity index (χ3v) is 5.49. The van der Waals surface area contributed by atoms with Crippen molar-refractivity contribution >= 4 is 15.9 Å². The third-order valence-electron chi connectivity index (χ3n) is 4.63. The van der Waals surface area contributed by atoms with Crippen molar-refractivity contribution in [1.29, 1.82) is 0 Å². The molecule has 21 heavy (non-hydrogen) atoms. The van der Waals surface area contributed by atoms with Gasteiger partial charge >= 0.3 is 0 Å². The lowest BCUT2D eigenvalue weighted by Gasteiger charge is -2.32. The van der Waals surface area contributed by atoms with Crippen molar-refractivity contribution in [2.45, 2.75) is 67.3 Å². The van der Waals surface area contributed by atoms with Gasteiger partial charge < -0.3 is 5.32 Å². The zero-order valence-electron chi connectivity index (χ0n) is 14.8. The molecule has 0 fully saturated rings. The molecule has 0 saturated heterocycles. The average molecular weight is 354 g/mol. The van der Waals surface area contributed by atoms with E-state index in [0.717, 1.165) is 6.54 Å². The van der Waals surface area contributed by atoms with Crippen LogP contribution in [0.5, 0.6) is 0 Å². The molecule has 2 unspecified atom stereocenters. The van der Waals surface area contributed by atoms with Crippen LogP contribution in [-0.2, 0) is 0 Å². The molecule has 0 amide bonds. The van der Waals surface area contributed by atoms with Crippen molar-refractivity contribution in [3.8, 4) is 0 Å². The predicted molar refractivity (Wildman–Crippen MR) is 97.9 cm³/mol. The summed E-state index contributed by atoms with van der Waals surface area (Å²) >= 11 is 3.64. The Labute approximate surface area is 140 Å². The Morgan fingerprint density at radius 2 is 1.76 bits per heavy atom. The summed E-state index contributed by atoms with van der Waals surface area (Å²) in [6.45, 7) is 17.1. The summed E-state index contributed by atoms with van der Waals surface area (Å²) in [6.07, 6.45) is 2.36. The molecule has 0 radical (unpaired) electrons. The minimum absolute atomic E-state index is 0.352. The fourth-order valence-corrected chi connectivity index (χ4v) is 2.98. The highest BCUT2D eigenvalue weighted by atomic mass is 79.9. The number of benzene rings is 1. The highest BCUT2D eigenvalue weighted by molar-refractivity contribution is 9.10. The zero-order valence-corrected chi connectivity index (χ0v) is 16.4. The molecule has 2 heteroatoms. The second kappa shape index (κ2) is 7.78. The Morgan fingerprint density at radius 3 is 2.29 bits per heavy atom. The maximum atomic E-state index is 3.76. The van der Waals surface area contributed by atoms with Crippen LogP contribution in [0.2, 0.25) is 0 Å². The Kier molecular flexibility index (Phi) is 6.93. The molecule has 0 aliphatic rings. The number of hydrogen-bond donors (Lipinski definition) is 1. The van der Waals surface area contributed by atoms with Crippen molar-refractivity contribution in [1.82, 2.24) is 5.32 Å². The van der Waals surface area contributed by atoms with Gasteiger partial charge in [-0.2, -0.15) is 0 Å². The quantitative estimate of drug-likeness (QED) is 0.643. The highest BCUT2D eigenvalue weighted by Gasteiger charge is 2.25. The number of nitrogens with one attached hydrogen (secondary N) is 1. The highest BCUT2D eigenvalue weighted by Crippen LogP contribution is 2.35. The van der Waals surface area contributed by atoms with Crippen LogP contribution in [0.3, 0.4) is 0 Å². The molecule has 0 heterocycles. The first-order valence-corrected chi connectivity index (χ1v) is 8.96. The Balaban J connectivity index is 3.05. The SMILES string of the molecule is CCCNC(CC(C)C(C)(C)C)c1cc(C)c(Br)cc1C. The summed E-state index contributed by atoms with van der Waals surface area (Å²) in [5.74, 6) is 0.676. The fraction of sp³-hybridized carbons (Fsp3) is 0.684. The van der Waals surface area contributed by atoms with E-state index in [4.69, 9.17) is 0 Å². The van der Waals surface area contributed by atoms with Crippen molar-refractivity contribution in [2.24, 2.45) is 11.3 Å². The van der Waals surface area contributed by atoms with Gasteiger partial charge in [-0.05, 0) is 67.3 Å². The van der Waals surface area contributed by atoms with Crippen LogP contribution < -0.4 is 5.32 Å². The minimum Gasteiger partial charge on any atom is -0.310 e. The van der Waals surface area contributed by atoms with Gasteiger partial charge in [0.2, 0.25) is 0 Å². The Hall–Kier alpha value is -0.340. The lowest BCUT2D eigenvalue weighted by Crippen LogP contribution is -2.28. The number of halogens is 1. The molecule has 0 aliphatic heterocycles. The van der Waals surface area contributed by atoms with Gasteiger partial charge in [-0.3, -0.25) is 0 Å². The van der Waals surface area contributed by atoms with E-state index in [1.807, 2.05) is 0 Å². The second-order valence-corrected chi connectivity index (χ2v) is 8.32. The zero-order chi connectivity index (χ0) is 16.2. The predicted octanol–water partition coefficient (Wildman–Crippen LogP) is 6.18. The summed E-state index contributed by atoms with van der Waals surface area (Å²) < 4.78 is 1.21. The summed E-state index contributed by atoms with van der Waals surface area (Å²) in [5, 5.41) is 3.76. The second-order valence-electron chi connectivity index (χ2n) is 7.47. The molecule has 1 aromatic rings. The van der Waals surface area contributed by atoms with Gasteiger partial charge in [0.25, 0.3) is 0 Å². The lowest BCUT2D eigenvalue weighted by atomic mass is 9.77. The van der Waals surface area contributed by atoms with Gasteiger partial charge in [-0.15, -0.1) is 0 Å². The first kappa shape index (κ1) is 18.7. The standard InChI is InChI=1S/C19H32BrN/c1-8-9-21-18(12-15(4)19(5,6)7)16-10-14(3)17(20)11-13(16)2/h10-11,15,18,21H,8-9,12H2,1-7H3. The van der Waals surface area contributed by atoms with Gasteiger partial charge in [-0.25, -0.2) is 0 Å². The van der Waals surface area contributed by atoms with E-state index < -0.39 is 0 Å². The molecule has 0 aromatic heterocycles. The molecule has 120 valence electrons. The molecule has 1 rings (SSSR count). The maximum absolute atomic E-state index is 3.76. The number of aryl methyl sites for hydroxylation is 2. The van der Waals surface area contributed by atoms with Crippen molar-refractivity contribution in [3.63, 3.8) is 0 Å². The normalized spacial score (nSPS) is 15.0. The summed E-state index contributed by atoms with van der Waals surface area (Å²) in [7, 11) is 0. The van der Waals surface area contributed by atoms with E-state index in [1.54, 1.807) is 0 Å². The third kappa shape index (κ3) is 5.41. The van der Waals surface area contributed by atoms with E-state index in [-0.39, 0.29) is 0 Å². The first-order valence-electron chi connectivity index (χ1n) is 8.16. The summed E-state index contributed by atoms with van der Waals surface area (Å²) in [4.78, 5) is 0. The Bertz CT molecular complexity index is 459. The largest absolute Gasteiger partial charge is 0.310 e. The van der Waals surface area contributed by atoms with Gasteiger partial charge in [0, 0.05) is 10.5 Å². The van der Waals surface area contributed by atoms with Crippen molar-refractivity contribution in [3.05, 3.63) is 33.3 Å². The van der Waals surface area contributed by atoms with Crippen LogP contribution in [0.4, 0.5) is 0 Å². The van der Waals surface area contributed by atoms with E-state index in [0.29, 0.717) is 17.4 Å². The number of rotatable bonds is 6. The minimum atomic E-state index is 0.352. The van der Waals surface area contributed by atoms with Crippen LogP contribution >= 0.6 is 15.9 Å². The average Bonchev–Trinajstić information content (AvgIpc) is 2.37. The van der Waals surface area contributed by atoms with Crippen LogP contribution in [-0.4, -0.2) is 6.54 Å². The van der Waals surface area contributed by atoms with Gasteiger partial charge in [0.1, 0.15) is 0 Å². The van der Waals surface area contributed by atoms with Crippen molar-refractivity contribution < 1.29 is 0 Å². The molecule has 2 atom stereocenters. The molecule has 1 N–H and O–H groups in total. The van der Waals surface area contributed by atoms with Gasteiger partial charge in [-0.1, -0.05) is 56.6 Å². The number of hydrogen-bond acceptors (Lipinski definition) is 1. The van der Waals surface area contributed by atoms with Gasteiger partial charge in [0.15, 0.2) is 0 Å². The molecule has 0 aliphatic carbocycles. The van der Waals surface area contributed by atoms with Crippen LogP contribution in [0.15, 0.2) is 16.6 Å². The maximum Gasteiger partial charge on any atom is 0.0325 e. The topological polar surface area (TPSA) is 12.0 Å². The Morgan fingerprint density at radius 1 is 1.14 bits per heavy atom. The van der Waals surface area contributed by atoms with Crippen LogP contribution in [0.1, 0.15) is 70.2 Å². The molecule has 0 saturated carbocycles. The lowest BCUT2D eigenvalue weighted by molar-refractivity contribution is 0.223. The van der Waals surface area contributed by atoms with E-state index in [9.17, 15) is 0 Å². The summed E-state index contributed by atoms with van der Waals surface area (Å²) in [5.41, 5.74) is 4.51. The first-order chi connectivity index (χ1) is 9.66. The van der Waals surface area contributed by atoms with Gasteiger partial charge in [0.05, 0.1) is 0 Å². The molecular weight excluding hydrogens is 322 g/mol. The molecule has 1 aromatic carbocycles. The monoisotopic (exact) mass is 353 g/mol. The smallest absolute Gasteiger partial charge is 0.0325 e. The van der Waals surface area contributed by atoms with E-state index in [1.165, 1.54) is 34.0 Å². The molecule has 1 nitrogen and oxygen atoms in total. The summed E-state index contributed by atoms with van der Waals surface area (Å²) in [6, 6.07) is 5.06.